The van der Waals surface area contributed by atoms with Gasteiger partial charge in [0.1, 0.15) is 0 Å². The molecule has 6 aliphatic carbocycles. The van der Waals surface area contributed by atoms with Gasteiger partial charge in [-0.2, -0.15) is 0 Å². The van der Waals surface area contributed by atoms with Gasteiger partial charge in [0.2, 0.25) is 0 Å². The molecule has 0 unspecified atom stereocenters. The molecule has 386 valence electrons. The van der Waals surface area contributed by atoms with Crippen LogP contribution in [-0.2, 0) is 16.2 Å². The summed E-state index contributed by atoms with van der Waals surface area (Å²) in [6.45, 7) is 4.48. The van der Waals surface area contributed by atoms with Crippen LogP contribution in [0.5, 0.6) is 0 Å². The van der Waals surface area contributed by atoms with Gasteiger partial charge in [-0.3, -0.25) is 0 Å². The molecule has 0 saturated carbocycles. The third-order valence-corrected chi connectivity index (χ3v) is 19.9. The Bertz CT molecular complexity index is 4550. The van der Waals surface area contributed by atoms with Crippen LogP contribution in [0.3, 0.4) is 0 Å². The van der Waals surface area contributed by atoms with Crippen LogP contribution in [-0.4, -0.2) is 0 Å². The lowest BCUT2D eigenvalue weighted by Crippen LogP contribution is -2.30. The van der Waals surface area contributed by atoms with Crippen molar-refractivity contribution in [3.63, 3.8) is 0 Å². The van der Waals surface area contributed by atoms with Crippen molar-refractivity contribution >= 4 is 36.5 Å². The number of hydrogen-bond acceptors (Lipinski definition) is 0. The van der Waals surface area contributed by atoms with Gasteiger partial charge in [0.15, 0.2) is 0 Å². The van der Waals surface area contributed by atoms with E-state index in [1.54, 1.807) is 0 Å². The number of rotatable bonds is 2. The van der Waals surface area contributed by atoms with E-state index in [2.05, 4.69) is 305 Å². The molecular formula is C83H54. The fourth-order valence-corrected chi connectivity index (χ4v) is 16.5. The molecule has 0 atom stereocenters. The minimum Gasteiger partial charge on any atom is -0.0619 e. The fraction of sp³-hybridized carbons (Fsp3) is 0.0602. The normalized spacial score (nSPS) is 15.3. The molecule has 3 spiro atoms. The zero-order valence-corrected chi connectivity index (χ0v) is 46.2. The Morgan fingerprint density at radius 2 is 0.373 bits per heavy atom. The molecule has 0 heteroatoms. The highest BCUT2D eigenvalue weighted by atomic mass is 14.5. The van der Waals surface area contributed by atoms with Gasteiger partial charge in [-0.1, -0.05) is 278 Å². The number of benzene rings is 12. The van der Waals surface area contributed by atoms with E-state index in [0.29, 0.717) is 0 Å². The van der Waals surface area contributed by atoms with Gasteiger partial charge in [0.25, 0.3) is 0 Å². The first-order valence-corrected chi connectivity index (χ1v) is 29.4. The van der Waals surface area contributed by atoms with Crippen LogP contribution < -0.4 is 0 Å². The summed E-state index contributed by atoms with van der Waals surface area (Å²) in [5, 5.41) is 0. The van der Waals surface area contributed by atoms with Crippen LogP contribution in [0.1, 0.15) is 111 Å². The molecule has 6 aliphatic rings. The zero-order valence-electron chi connectivity index (χ0n) is 46.2. The van der Waals surface area contributed by atoms with Crippen molar-refractivity contribution < 1.29 is 0 Å². The number of aryl methyl sites for hydroxylation is 2. The van der Waals surface area contributed by atoms with E-state index in [-0.39, 0.29) is 0 Å². The average molecular weight is 1050 g/mol. The standard InChI is InChI=1S/C83H54/c1-51-27-29-53-31-33-55-37-41-59(47-77(55)81(75(53)45-51)69-21-9-3-15-63(69)64-16-4-10-22-70(64)81)61-43-39-57-35-36-58-40-44-62(50-80(58)83(79(57)49-61)73-25-13-7-19-67(73)68-20-8-14-26-74(68)83)60-42-38-56-34-32-54-30-28-52(2)46-76(54)82(78(56)48-60)71-23-11-5-17-65(71)66-18-6-12-24-72(66)82/h3-50H,1-2H3. The van der Waals surface area contributed by atoms with Gasteiger partial charge in [-0.25, -0.2) is 0 Å². The molecule has 12 aromatic rings. The highest BCUT2D eigenvalue weighted by Crippen LogP contribution is 2.63. The lowest BCUT2D eigenvalue weighted by molar-refractivity contribution is 0.764. The first-order chi connectivity index (χ1) is 40.9. The zero-order chi connectivity index (χ0) is 54.8. The molecule has 0 radical (unpaired) electrons. The third-order valence-electron chi connectivity index (χ3n) is 19.9. The molecule has 0 saturated heterocycles. The van der Waals surface area contributed by atoms with Crippen molar-refractivity contribution in [3.05, 3.63) is 366 Å². The number of hydrogen-bond donors (Lipinski definition) is 0. The van der Waals surface area contributed by atoms with Gasteiger partial charge in [0.05, 0.1) is 16.2 Å². The highest BCUT2D eigenvalue weighted by molar-refractivity contribution is 5.97. The van der Waals surface area contributed by atoms with Crippen LogP contribution in [0.2, 0.25) is 0 Å². The molecule has 0 nitrogen and oxygen atoms in total. The summed E-state index contributed by atoms with van der Waals surface area (Å²) in [5.74, 6) is 0. The van der Waals surface area contributed by atoms with E-state index in [1.165, 1.54) is 167 Å². The Morgan fingerprint density at radius 1 is 0.181 bits per heavy atom. The van der Waals surface area contributed by atoms with Crippen molar-refractivity contribution in [3.8, 4) is 55.6 Å². The van der Waals surface area contributed by atoms with Crippen molar-refractivity contribution in [1.82, 2.24) is 0 Å². The predicted octanol–water partition coefficient (Wildman–Crippen LogP) is 20.2. The summed E-state index contributed by atoms with van der Waals surface area (Å²) in [6, 6.07) is 98.4. The Labute approximate surface area is 485 Å². The summed E-state index contributed by atoms with van der Waals surface area (Å²) in [7, 11) is 0. The lowest BCUT2D eigenvalue weighted by atomic mass is 9.64. The molecule has 0 N–H and O–H groups in total. The van der Waals surface area contributed by atoms with Crippen LogP contribution in [0.4, 0.5) is 0 Å². The molecular weight excluding hydrogens is 997 g/mol. The van der Waals surface area contributed by atoms with Crippen molar-refractivity contribution in [1.29, 1.82) is 0 Å². The van der Waals surface area contributed by atoms with Crippen LogP contribution in [0.25, 0.3) is 92.1 Å². The van der Waals surface area contributed by atoms with E-state index < -0.39 is 16.2 Å². The molecule has 83 heavy (non-hydrogen) atoms. The Kier molecular flexibility index (Phi) is 9.52. The monoisotopic (exact) mass is 1050 g/mol. The summed E-state index contributed by atoms with van der Waals surface area (Å²) >= 11 is 0. The van der Waals surface area contributed by atoms with Gasteiger partial charge >= 0.3 is 0 Å². The fourth-order valence-electron chi connectivity index (χ4n) is 16.5. The third kappa shape index (κ3) is 6.05. The SMILES string of the molecule is Cc1ccc2c(c1)C1(c3cc(-c4ccc5c(c4)C4(c6cc(-c7ccc8c(c7)C7(c9cc(C)ccc9C=C8)c8ccccc8-c8ccccc87)ccc6C=C5)c5ccccc5-c5ccccc54)ccc3C=C2)c2ccccc2-c2ccccc21. The summed E-state index contributed by atoms with van der Waals surface area (Å²) in [4.78, 5) is 0. The van der Waals surface area contributed by atoms with Crippen molar-refractivity contribution in [2.75, 3.05) is 0 Å². The van der Waals surface area contributed by atoms with E-state index in [4.69, 9.17) is 0 Å². The Balaban J connectivity index is 0.869. The second-order valence-electron chi connectivity index (χ2n) is 23.9. The minimum atomic E-state index is -0.654. The first-order valence-electron chi connectivity index (χ1n) is 29.4. The predicted molar refractivity (Wildman–Crippen MR) is 345 cm³/mol. The second-order valence-corrected chi connectivity index (χ2v) is 23.9. The maximum Gasteiger partial charge on any atom is 0.0725 e. The maximum atomic E-state index is 2.56. The van der Waals surface area contributed by atoms with Crippen molar-refractivity contribution in [2.24, 2.45) is 0 Å². The molecule has 0 fully saturated rings. The summed E-state index contributed by atoms with van der Waals surface area (Å²) in [6.07, 6.45) is 14.2. The Hall–Kier alpha value is -10.1. The smallest absolute Gasteiger partial charge is 0.0619 e. The molecule has 18 rings (SSSR count). The summed E-state index contributed by atoms with van der Waals surface area (Å²) in [5.41, 5.74) is 36.7. The molecule has 0 heterocycles. The van der Waals surface area contributed by atoms with Crippen LogP contribution in [0.15, 0.2) is 255 Å². The lowest BCUT2D eigenvalue weighted by Gasteiger charge is -2.37. The van der Waals surface area contributed by atoms with Gasteiger partial charge in [0, 0.05) is 0 Å². The minimum absolute atomic E-state index is 0.531. The van der Waals surface area contributed by atoms with Gasteiger partial charge in [-0.15, -0.1) is 0 Å². The second kappa shape index (κ2) is 17.0. The van der Waals surface area contributed by atoms with Gasteiger partial charge < -0.3 is 0 Å². The average Bonchev–Trinajstić information content (AvgIpc) is 1.67. The number of fused-ring (bicyclic) bond motifs is 27. The summed E-state index contributed by atoms with van der Waals surface area (Å²) < 4.78 is 0. The van der Waals surface area contributed by atoms with E-state index >= 15 is 0 Å². The first kappa shape index (κ1) is 46.6. The molecule has 0 amide bonds. The topological polar surface area (TPSA) is 0 Å². The van der Waals surface area contributed by atoms with E-state index in [0.717, 1.165) is 0 Å². The van der Waals surface area contributed by atoms with Crippen LogP contribution >= 0.6 is 0 Å². The molecule has 0 bridgehead atoms. The molecule has 0 aromatic heterocycles. The largest absolute Gasteiger partial charge is 0.0725 e. The van der Waals surface area contributed by atoms with Crippen molar-refractivity contribution in [2.45, 2.75) is 30.1 Å². The molecule has 12 aromatic carbocycles. The van der Waals surface area contributed by atoms with Crippen LogP contribution in [0, 0.1) is 13.8 Å². The quantitative estimate of drug-likeness (QED) is 0.162. The highest BCUT2D eigenvalue weighted by Gasteiger charge is 2.52. The Morgan fingerprint density at radius 3 is 0.602 bits per heavy atom. The van der Waals surface area contributed by atoms with Gasteiger partial charge in [-0.05, 0) is 194 Å². The molecule has 0 aliphatic heterocycles. The van der Waals surface area contributed by atoms with E-state index in [9.17, 15) is 0 Å². The maximum absolute atomic E-state index is 2.56. The van der Waals surface area contributed by atoms with E-state index in [1.807, 2.05) is 0 Å².